The zero-order valence-electron chi connectivity index (χ0n) is 6.68. The number of rotatable bonds is 1. The molecule has 1 fully saturated rings. The van der Waals surface area contributed by atoms with Crippen LogP contribution in [0.5, 0.6) is 0 Å². The fourth-order valence-electron chi connectivity index (χ4n) is 1.33. The van der Waals surface area contributed by atoms with Crippen molar-refractivity contribution >= 4 is 29.1 Å². The first-order chi connectivity index (χ1) is 6.16. The number of nitrogens with one attached hydrogen (secondary N) is 1. The molecule has 1 unspecified atom stereocenters. The Labute approximate surface area is 85.8 Å². The maximum atomic E-state index is 10.7. The van der Waals surface area contributed by atoms with E-state index < -0.39 is 0 Å². The monoisotopic (exact) mass is 215 g/mol. The minimum absolute atomic E-state index is 0.0405. The minimum atomic E-state index is 0.0405. The zero-order chi connectivity index (χ0) is 9.42. The highest BCUT2D eigenvalue weighted by Crippen LogP contribution is 2.31. The summed E-state index contributed by atoms with van der Waals surface area (Å²) in [4.78, 5) is 10.7. The molecule has 2 nitrogen and oxygen atoms in total. The van der Waals surface area contributed by atoms with E-state index in [0.29, 0.717) is 16.5 Å². The third-order valence-corrected chi connectivity index (χ3v) is 2.64. The second-order valence-electron chi connectivity index (χ2n) is 2.99. The molecule has 0 saturated carbocycles. The molecule has 1 saturated heterocycles. The van der Waals surface area contributed by atoms with Gasteiger partial charge in [-0.2, -0.15) is 0 Å². The first-order valence-corrected chi connectivity index (χ1v) is 4.67. The van der Waals surface area contributed by atoms with E-state index in [1.165, 1.54) is 0 Å². The standard InChI is InChI=1S/C9H7Cl2NO/c10-5-1-2-7(11)6(3-5)8-4-9(13)12-8/h1-3,8H,4H2,(H,12,13). The van der Waals surface area contributed by atoms with E-state index in [4.69, 9.17) is 23.2 Å². The van der Waals surface area contributed by atoms with Gasteiger partial charge in [-0.25, -0.2) is 0 Å². The molecule has 13 heavy (non-hydrogen) atoms. The Hall–Kier alpha value is -0.730. The average Bonchev–Trinajstić information content (AvgIpc) is 2.04. The van der Waals surface area contributed by atoms with Gasteiger partial charge in [-0.05, 0) is 23.8 Å². The van der Waals surface area contributed by atoms with Gasteiger partial charge in [0, 0.05) is 10.0 Å². The highest BCUT2D eigenvalue weighted by molar-refractivity contribution is 6.33. The number of carbonyl (C=O) groups excluding carboxylic acids is 1. The SMILES string of the molecule is O=C1CC(c2cc(Cl)ccc2Cl)N1. The number of β-lactam (4-membered cyclic amide) rings is 1. The van der Waals surface area contributed by atoms with E-state index in [2.05, 4.69) is 5.32 Å². The quantitative estimate of drug-likeness (QED) is 0.718. The fraction of sp³-hybridized carbons (Fsp3) is 0.222. The van der Waals surface area contributed by atoms with Crippen LogP contribution in [0.15, 0.2) is 18.2 Å². The Balaban J connectivity index is 2.29. The molecule has 1 aromatic rings. The van der Waals surface area contributed by atoms with Crippen molar-refractivity contribution in [1.29, 1.82) is 0 Å². The van der Waals surface area contributed by atoms with Gasteiger partial charge in [0.2, 0.25) is 5.91 Å². The van der Waals surface area contributed by atoms with Gasteiger partial charge >= 0.3 is 0 Å². The normalized spacial score (nSPS) is 20.8. The van der Waals surface area contributed by atoms with E-state index in [0.717, 1.165) is 5.56 Å². The maximum Gasteiger partial charge on any atom is 0.222 e. The van der Waals surface area contributed by atoms with Crippen LogP contribution in [0.1, 0.15) is 18.0 Å². The van der Waals surface area contributed by atoms with Gasteiger partial charge in [0.1, 0.15) is 0 Å². The third-order valence-electron chi connectivity index (χ3n) is 2.06. The van der Waals surface area contributed by atoms with E-state index >= 15 is 0 Å². The molecule has 1 heterocycles. The Morgan fingerprint density at radius 2 is 2.08 bits per heavy atom. The summed E-state index contributed by atoms with van der Waals surface area (Å²) in [5, 5.41) is 4.03. The van der Waals surface area contributed by atoms with Crippen molar-refractivity contribution in [3.05, 3.63) is 33.8 Å². The molecule has 1 aliphatic heterocycles. The zero-order valence-corrected chi connectivity index (χ0v) is 8.19. The first kappa shape index (κ1) is 8.85. The van der Waals surface area contributed by atoms with Gasteiger partial charge < -0.3 is 5.32 Å². The summed E-state index contributed by atoms with van der Waals surface area (Å²) >= 11 is 11.7. The minimum Gasteiger partial charge on any atom is -0.349 e. The molecule has 0 bridgehead atoms. The number of halogens is 2. The van der Waals surface area contributed by atoms with Gasteiger partial charge in [-0.1, -0.05) is 23.2 Å². The summed E-state index contributed by atoms with van der Waals surface area (Å²) in [6.07, 6.45) is 0.500. The molecule has 0 spiro atoms. The van der Waals surface area contributed by atoms with Crippen LogP contribution in [-0.2, 0) is 4.79 Å². The first-order valence-electron chi connectivity index (χ1n) is 3.91. The molecular formula is C9H7Cl2NO. The van der Waals surface area contributed by atoms with Crippen LogP contribution in [0, 0.1) is 0 Å². The number of carbonyl (C=O) groups is 1. The van der Waals surface area contributed by atoms with Crippen molar-refractivity contribution in [2.45, 2.75) is 12.5 Å². The van der Waals surface area contributed by atoms with Crippen molar-refractivity contribution in [1.82, 2.24) is 5.32 Å². The molecule has 0 radical (unpaired) electrons. The van der Waals surface area contributed by atoms with Gasteiger partial charge in [0.05, 0.1) is 12.5 Å². The van der Waals surface area contributed by atoms with Gasteiger partial charge in [0.15, 0.2) is 0 Å². The largest absolute Gasteiger partial charge is 0.349 e. The Bertz CT molecular complexity index is 357. The highest BCUT2D eigenvalue weighted by Gasteiger charge is 2.28. The molecule has 1 aliphatic rings. The highest BCUT2D eigenvalue weighted by atomic mass is 35.5. The van der Waals surface area contributed by atoms with E-state index in [9.17, 15) is 4.79 Å². The van der Waals surface area contributed by atoms with Crippen LogP contribution in [0.25, 0.3) is 0 Å². The molecule has 1 atom stereocenters. The number of amides is 1. The summed E-state index contributed by atoms with van der Waals surface area (Å²) in [5.41, 5.74) is 0.897. The number of hydrogen-bond donors (Lipinski definition) is 1. The van der Waals surface area contributed by atoms with Crippen LogP contribution in [-0.4, -0.2) is 5.91 Å². The topological polar surface area (TPSA) is 29.1 Å². The fourth-order valence-corrected chi connectivity index (χ4v) is 1.76. The second kappa shape index (κ2) is 3.20. The summed E-state index contributed by atoms with van der Waals surface area (Å²) in [5.74, 6) is 0.0565. The molecule has 4 heteroatoms. The Morgan fingerprint density at radius 3 is 2.69 bits per heavy atom. The van der Waals surface area contributed by atoms with E-state index in [1.54, 1.807) is 18.2 Å². The Kier molecular flexibility index (Phi) is 2.18. The number of hydrogen-bond acceptors (Lipinski definition) is 1. The van der Waals surface area contributed by atoms with Crippen molar-refractivity contribution < 1.29 is 4.79 Å². The van der Waals surface area contributed by atoms with Crippen LogP contribution >= 0.6 is 23.2 Å². The molecule has 1 amide bonds. The third kappa shape index (κ3) is 1.64. The molecular weight excluding hydrogens is 209 g/mol. The predicted octanol–water partition coefficient (Wildman–Crippen LogP) is 2.55. The van der Waals surface area contributed by atoms with Crippen molar-refractivity contribution in [2.75, 3.05) is 0 Å². The Morgan fingerprint density at radius 1 is 1.38 bits per heavy atom. The second-order valence-corrected chi connectivity index (χ2v) is 3.83. The van der Waals surface area contributed by atoms with Crippen molar-refractivity contribution in [3.63, 3.8) is 0 Å². The van der Waals surface area contributed by atoms with Crippen LogP contribution in [0.4, 0.5) is 0 Å². The van der Waals surface area contributed by atoms with Crippen LogP contribution in [0.2, 0.25) is 10.0 Å². The van der Waals surface area contributed by atoms with Gasteiger partial charge in [-0.3, -0.25) is 4.79 Å². The predicted molar refractivity (Wildman–Crippen MR) is 52.0 cm³/mol. The lowest BCUT2D eigenvalue weighted by Gasteiger charge is -2.28. The maximum absolute atomic E-state index is 10.7. The molecule has 0 aliphatic carbocycles. The van der Waals surface area contributed by atoms with Crippen molar-refractivity contribution in [3.8, 4) is 0 Å². The summed E-state index contributed by atoms with van der Waals surface area (Å²) in [6, 6.07) is 5.30. The molecule has 1 N–H and O–H groups in total. The van der Waals surface area contributed by atoms with Gasteiger partial charge in [0.25, 0.3) is 0 Å². The smallest absolute Gasteiger partial charge is 0.222 e. The lowest BCUT2D eigenvalue weighted by atomic mass is 9.97. The average molecular weight is 216 g/mol. The number of benzene rings is 1. The van der Waals surface area contributed by atoms with Crippen LogP contribution < -0.4 is 5.32 Å². The summed E-state index contributed by atoms with van der Waals surface area (Å²) in [6.45, 7) is 0. The van der Waals surface area contributed by atoms with Crippen LogP contribution in [0.3, 0.4) is 0 Å². The van der Waals surface area contributed by atoms with E-state index in [-0.39, 0.29) is 11.9 Å². The van der Waals surface area contributed by atoms with Crippen molar-refractivity contribution in [2.24, 2.45) is 0 Å². The van der Waals surface area contributed by atoms with E-state index in [1.807, 2.05) is 0 Å². The van der Waals surface area contributed by atoms with Gasteiger partial charge in [-0.15, -0.1) is 0 Å². The molecule has 2 rings (SSSR count). The summed E-state index contributed by atoms with van der Waals surface area (Å²) < 4.78 is 0. The molecule has 68 valence electrons. The lowest BCUT2D eigenvalue weighted by Crippen LogP contribution is -2.41. The molecule has 1 aromatic carbocycles. The summed E-state index contributed by atoms with van der Waals surface area (Å²) in [7, 11) is 0. The molecule has 0 aromatic heterocycles. The lowest BCUT2D eigenvalue weighted by molar-refractivity contribution is -0.128.